The van der Waals surface area contributed by atoms with Crippen molar-refractivity contribution in [3.05, 3.63) is 29.6 Å². The van der Waals surface area contributed by atoms with Crippen LogP contribution in [0.15, 0.2) is 18.3 Å². The maximum absolute atomic E-state index is 11.3. The van der Waals surface area contributed by atoms with Crippen LogP contribution in [0.1, 0.15) is 42.9 Å². The summed E-state index contributed by atoms with van der Waals surface area (Å²) >= 11 is 0. The lowest BCUT2D eigenvalue weighted by Crippen LogP contribution is -2.21. The van der Waals surface area contributed by atoms with E-state index in [-0.39, 0.29) is 17.9 Å². The Labute approximate surface area is 99.9 Å². The Morgan fingerprint density at radius 3 is 2.71 bits per heavy atom. The minimum Gasteiger partial charge on any atom is -0.364 e. The van der Waals surface area contributed by atoms with E-state index in [0.717, 1.165) is 0 Å². The van der Waals surface area contributed by atoms with Crippen molar-refractivity contribution in [2.45, 2.75) is 38.8 Å². The van der Waals surface area contributed by atoms with Gasteiger partial charge in [0.15, 0.2) is 5.79 Å². The Balaban J connectivity index is 2.38. The van der Waals surface area contributed by atoms with Crippen molar-refractivity contribution in [2.24, 2.45) is 5.73 Å². The summed E-state index contributed by atoms with van der Waals surface area (Å²) in [6.45, 7) is 5.57. The van der Waals surface area contributed by atoms with Crippen molar-refractivity contribution in [3.63, 3.8) is 0 Å². The van der Waals surface area contributed by atoms with E-state index < -0.39 is 11.7 Å². The molecule has 0 aliphatic carbocycles. The van der Waals surface area contributed by atoms with Crippen molar-refractivity contribution in [1.29, 1.82) is 0 Å². The summed E-state index contributed by atoms with van der Waals surface area (Å²) in [6, 6.07) is 3.54. The number of hydrogen-bond donors (Lipinski definition) is 1. The number of nitrogens with two attached hydrogens (primary N) is 1. The molecule has 0 radical (unpaired) electrons. The van der Waals surface area contributed by atoms with Gasteiger partial charge in [0, 0.05) is 11.8 Å². The second-order valence-corrected chi connectivity index (χ2v) is 4.57. The van der Waals surface area contributed by atoms with Crippen LogP contribution < -0.4 is 5.73 Å². The molecule has 1 aliphatic heterocycles. The van der Waals surface area contributed by atoms with Crippen LogP contribution in [0.5, 0.6) is 0 Å². The number of carbonyl (C=O) groups excluding carboxylic acids is 1. The smallest absolute Gasteiger partial charge is 0.267 e. The molecule has 5 heteroatoms. The highest BCUT2D eigenvalue weighted by atomic mass is 16.7. The summed E-state index contributed by atoms with van der Waals surface area (Å²) in [5.74, 6) is -1.21. The normalized spacial score (nSPS) is 27.0. The van der Waals surface area contributed by atoms with Crippen LogP contribution >= 0.6 is 0 Å². The van der Waals surface area contributed by atoms with E-state index in [2.05, 4.69) is 4.98 Å². The summed E-state index contributed by atoms with van der Waals surface area (Å²) in [7, 11) is 0. The van der Waals surface area contributed by atoms with Crippen molar-refractivity contribution in [2.75, 3.05) is 0 Å². The van der Waals surface area contributed by atoms with Gasteiger partial charge < -0.3 is 15.2 Å². The first-order chi connectivity index (χ1) is 7.91. The number of primary amides is 1. The molecule has 5 nitrogen and oxygen atoms in total. The molecule has 0 bridgehead atoms. The third-order valence-corrected chi connectivity index (χ3v) is 2.69. The number of pyridine rings is 1. The molecule has 1 saturated heterocycles. The van der Waals surface area contributed by atoms with Gasteiger partial charge in [0.1, 0.15) is 11.8 Å². The molecule has 92 valence electrons. The first-order valence-electron chi connectivity index (χ1n) is 5.51. The minimum absolute atomic E-state index is 0.146. The van der Waals surface area contributed by atoms with Crippen LogP contribution in [0.3, 0.4) is 0 Å². The molecule has 1 fully saturated rings. The molecule has 1 aromatic rings. The number of ether oxygens (including phenoxy) is 2. The predicted molar refractivity (Wildman–Crippen MR) is 61.2 cm³/mol. The fourth-order valence-corrected chi connectivity index (χ4v) is 2.11. The Morgan fingerprint density at radius 2 is 2.18 bits per heavy atom. The summed E-state index contributed by atoms with van der Waals surface area (Å²) in [6.07, 6.45) is 1.07. The fourth-order valence-electron chi connectivity index (χ4n) is 2.11. The average Bonchev–Trinajstić information content (AvgIpc) is 2.52. The van der Waals surface area contributed by atoms with Gasteiger partial charge in [0.25, 0.3) is 5.91 Å². The molecule has 17 heavy (non-hydrogen) atoms. The Morgan fingerprint density at radius 1 is 1.47 bits per heavy atom. The lowest BCUT2D eigenvalue weighted by Gasteiger charge is -2.17. The molecule has 0 spiro atoms. The van der Waals surface area contributed by atoms with Gasteiger partial charge >= 0.3 is 0 Å². The van der Waals surface area contributed by atoms with E-state index in [0.29, 0.717) is 5.56 Å². The van der Waals surface area contributed by atoms with E-state index in [4.69, 9.17) is 15.2 Å². The first-order valence-corrected chi connectivity index (χ1v) is 5.51. The van der Waals surface area contributed by atoms with Crippen LogP contribution in [0.4, 0.5) is 0 Å². The zero-order valence-corrected chi connectivity index (χ0v) is 10.1. The molecule has 1 amide bonds. The topological polar surface area (TPSA) is 74.4 Å². The highest BCUT2D eigenvalue weighted by Gasteiger charge is 2.40. The molecule has 0 saturated carbocycles. The fraction of sp³-hybridized carbons (Fsp3) is 0.500. The van der Waals surface area contributed by atoms with Crippen LogP contribution in [0, 0.1) is 0 Å². The van der Waals surface area contributed by atoms with Crippen molar-refractivity contribution in [1.82, 2.24) is 4.98 Å². The zero-order valence-electron chi connectivity index (χ0n) is 10.1. The highest BCUT2D eigenvalue weighted by molar-refractivity contribution is 5.92. The lowest BCUT2D eigenvalue weighted by molar-refractivity contribution is -0.145. The van der Waals surface area contributed by atoms with Gasteiger partial charge in [0.05, 0.1) is 6.10 Å². The minimum atomic E-state index is -0.658. The SMILES string of the molecule is CC1OC(C)(C)OC1c1cccnc1C(N)=O. The molecule has 2 unspecified atom stereocenters. The number of hydrogen-bond acceptors (Lipinski definition) is 4. The van der Waals surface area contributed by atoms with Crippen LogP contribution in [-0.4, -0.2) is 22.8 Å². The van der Waals surface area contributed by atoms with E-state index in [9.17, 15) is 4.79 Å². The molecular weight excluding hydrogens is 220 g/mol. The molecule has 1 aliphatic rings. The molecule has 2 atom stereocenters. The van der Waals surface area contributed by atoms with Gasteiger partial charge in [-0.25, -0.2) is 0 Å². The highest BCUT2D eigenvalue weighted by Crippen LogP contribution is 2.38. The van der Waals surface area contributed by atoms with Gasteiger partial charge in [-0.05, 0) is 26.8 Å². The predicted octanol–water partition coefficient (Wildman–Crippen LogP) is 1.39. The van der Waals surface area contributed by atoms with Gasteiger partial charge in [-0.3, -0.25) is 9.78 Å². The largest absolute Gasteiger partial charge is 0.364 e. The molecule has 0 aromatic carbocycles. The third kappa shape index (κ3) is 2.30. The molecular formula is C12H16N2O3. The maximum Gasteiger partial charge on any atom is 0.267 e. The Hall–Kier alpha value is -1.46. The summed E-state index contributed by atoms with van der Waals surface area (Å²) in [4.78, 5) is 15.3. The first kappa shape index (κ1) is 12.0. The van der Waals surface area contributed by atoms with Gasteiger partial charge in [0.2, 0.25) is 0 Å². The third-order valence-electron chi connectivity index (χ3n) is 2.69. The number of carbonyl (C=O) groups is 1. The lowest BCUT2D eigenvalue weighted by atomic mass is 10.0. The van der Waals surface area contributed by atoms with E-state index in [1.54, 1.807) is 12.1 Å². The van der Waals surface area contributed by atoms with Crippen LogP contribution in [0.2, 0.25) is 0 Å². The zero-order chi connectivity index (χ0) is 12.6. The van der Waals surface area contributed by atoms with Crippen molar-refractivity contribution < 1.29 is 14.3 Å². The summed E-state index contributed by atoms with van der Waals surface area (Å²) in [5.41, 5.74) is 6.22. The maximum atomic E-state index is 11.3. The van der Waals surface area contributed by atoms with Crippen LogP contribution in [-0.2, 0) is 9.47 Å². The Bertz CT molecular complexity index is 445. The molecule has 2 N–H and O–H groups in total. The van der Waals surface area contributed by atoms with Crippen molar-refractivity contribution >= 4 is 5.91 Å². The van der Waals surface area contributed by atoms with Gasteiger partial charge in [-0.15, -0.1) is 0 Å². The average molecular weight is 236 g/mol. The molecule has 2 rings (SSSR count). The molecule has 1 aromatic heterocycles. The number of amides is 1. The Kier molecular flexibility index (Phi) is 2.89. The summed E-state index contributed by atoms with van der Waals surface area (Å²) in [5, 5.41) is 0. The monoisotopic (exact) mass is 236 g/mol. The number of aromatic nitrogens is 1. The second-order valence-electron chi connectivity index (χ2n) is 4.57. The van der Waals surface area contributed by atoms with E-state index in [1.165, 1.54) is 6.20 Å². The number of rotatable bonds is 2. The second kappa shape index (κ2) is 4.09. The van der Waals surface area contributed by atoms with Gasteiger partial charge in [-0.1, -0.05) is 6.07 Å². The van der Waals surface area contributed by atoms with E-state index in [1.807, 2.05) is 20.8 Å². The van der Waals surface area contributed by atoms with E-state index >= 15 is 0 Å². The summed E-state index contributed by atoms with van der Waals surface area (Å²) < 4.78 is 11.4. The standard InChI is InChI=1S/C12H16N2O3/c1-7-10(17-12(2,3)16-7)8-5-4-6-14-9(8)11(13)15/h4-7,10H,1-3H3,(H2,13,15). The molecule has 2 heterocycles. The number of nitrogens with zero attached hydrogens (tertiary/aromatic N) is 1. The van der Waals surface area contributed by atoms with Gasteiger partial charge in [-0.2, -0.15) is 0 Å². The van der Waals surface area contributed by atoms with Crippen molar-refractivity contribution in [3.8, 4) is 0 Å². The quantitative estimate of drug-likeness (QED) is 0.842. The van der Waals surface area contributed by atoms with Crippen LogP contribution in [0.25, 0.3) is 0 Å².